The van der Waals surface area contributed by atoms with Gasteiger partial charge in [0.25, 0.3) is 0 Å². The van der Waals surface area contributed by atoms with E-state index in [1.807, 2.05) is 19.1 Å². The summed E-state index contributed by atoms with van der Waals surface area (Å²) in [6, 6.07) is 10.9. The number of nitrogens with two attached hydrogens (primary N) is 1. The van der Waals surface area contributed by atoms with Crippen molar-refractivity contribution in [3.05, 3.63) is 64.4 Å². The highest BCUT2D eigenvalue weighted by Gasteiger charge is 2.02. The Morgan fingerprint density at radius 1 is 1.24 bits per heavy atom. The molecular formula is C18H22ClN5O. The minimum absolute atomic E-state index is 0.438. The molecule has 0 saturated heterocycles. The number of nitrogens with one attached hydrogen (secondary N) is 2. The van der Waals surface area contributed by atoms with Gasteiger partial charge in [0, 0.05) is 24.8 Å². The standard InChI is InChI=1S/C18H22ClN5O/c1-2-21-18(22-9-8-13-6-7-16(19)23-11-13)24-12-14-4-3-5-15(10-14)17(20)25/h3-7,10-11H,2,8-9,12H2,1H3,(H2,20,25)(H2,21,22,24). The number of hydrogen-bond acceptors (Lipinski definition) is 3. The molecule has 1 heterocycles. The second kappa shape index (κ2) is 9.64. The van der Waals surface area contributed by atoms with Crippen LogP contribution in [0.25, 0.3) is 0 Å². The fourth-order valence-electron chi connectivity index (χ4n) is 2.21. The van der Waals surface area contributed by atoms with E-state index in [1.165, 1.54) is 0 Å². The van der Waals surface area contributed by atoms with Crippen molar-refractivity contribution in [3.63, 3.8) is 0 Å². The molecule has 4 N–H and O–H groups in total. The summed E-state index contributed by atoms with van der Waals surface area (Å²) in [6.07, 6.45) is 2.58. The van der Waals surface area contributed by atoms with Crippen LogP contribution in [-0.2, 0) is 13.0 Å². The first-order chi connectivity index (χ1) is 12.1. The molecule has 0 unspecified atom stereocenters. The lowest BCUT2D eigenvalue weighted by Gasteiger charge is -2.11. The Balaban J connectivity index is 1.92. The molecule has 2 aromatic rings. The number of carbonyl (C=O) groups excluding carboxylic acids is 1. The van der Waals surface area contributed by atoms with Crippen molar-refractivity contribution in [1.82, 2.24) is 15.6 Å². The van der Waals surface area contributed by atoms with Gasteiger partial charge in [0.15, 0.2) is 5.96 Å². The Kier molecular flexibility index (Phi) is 7.22. The van der Waals surface area contributed by atoms with E-state index in [9.17, 15) is 4.79 Å². The molecule has 0 radical (unpaired) electrons. The SMILES string of the molecule is CCNC(=NCc1cccc(C(N)=O)c1)NCCc1ccc(Cl)nc1. The Bertz CT molecular complexity index is 731. The van der Waals surface area contributed by atoms with E-state index >= 15 is 0 Å². The van der Waals surface area contributed by atoms with E-state index in [-0.39, 0.29) is 0 Å². The van der Waals surface area contributed by atoms with E-state index in [0.717, 1.165) is 30.6 Å². The number of halogens is 1. The average Bonchev–Trinajstić information content (AvgIpc) is 2.61. The van der Waals surface area contributed by atoms with Gasteiger partial charge in [-0.3, -0.25) is 4.79 Å². The summed E-state index contributed by atoms with van der Waals surface area (Å²) >= 11 is 5.78. The third-order valence-electron chi connectivity index (χ3n) is 3.47. The van der Waals surface area contributed by atoms with Crippen molar-refractivity contribution >= 4 is 23.5 Å². The third kappa shape index (κ3) is 6.43. The van der Waals surface area contributed by atoms with Crippen LogP contribution in [-0.4, -0.2) is 29.9 Å². The van der Waals surface area contributed by atoms with Crippen LogP contribution in [0.3, 0.4) is 0 Å². The van der Waals surface area contributed by atoms with E-state index in [4.69, 9.17) is 17.3 Å². The number of amides is 1. The van der Waals surface area contributed by atoms with Crippen molar-refractivity contribution in [2.24, 2.45) is 10.7 Å². The van der Waals surface area contributed by atoms with E-state index < -0.39 is 5.91 Å². The fraction of sp³-hybridized carbons (Fsp3) is 0.278. The number of benzene rings is 1. The summed E-state index contributed by atoms with van der Waals surface area (Å²) in [6.45, 7) is 3.94. The van der Waals surface area contributed by atoms with Gasteiger partial charge in [0.2, 0.25) is 5.91 Å². The Labute approximate surface area is 152 Å². The summed E-state index contributed by atoms with van der Waals surface area (Å²) in [5.74, 6) is 0.279. The Morgan fingerprint density at radius 2 is 2.08 bits per heavy atom. The zero-order chi connectivity index (χ0) is 18.1. The number of aliphatic imine (C=N–C) groups is 1. The largest absolute Gasteiger partial charge is 0.366 e. The van der Waals surface area contributed by atoms with Gasteiger partial charge in [-0.2, -0.15) is 0 Å². The highest BCUT2D eigenvalue weighted by Crippen LogP contribution is 2.07. The van der Waals surface area contributed by atoms with Crippen LogP contribution in [0.1, 0.15) is 28.4 Å². The molecule has 132 valence electrons. The van der Waals surface area contributed by atoms with Gasteiger partial charge in [0.1, 0.15) is 5.15 Å². The smallest absolute Gasteiger partial charge is 0.248 e. The van der Waals surface area contributed by atoms with Crippen molar-refractivity contribution in [1.29, 1.82) is 0 Å². The fourth-order valence-corrected chi connectivity index (χ4v) is 2.33. The maximum atomic E-state index is 11.2. The molecular weight excluding hydrogens is 338 g/mol. The number of nitrogens with zero attached hydrogens (tertiary/aromatic N) is 2. The van der Waals surface area contributed by atoms with Crippen LogP contribution >= 0.6 is 11.6 Å². The zero-order valence-corrected chi connectivity index (χ0v) is 14.9. The van der Waals surface area contributed by atoms with Gasteiger partial charge in [-0.1, -0.05) is 29.8 Å². The van der Waals surface area contributed by atoms with E-state index in [0.29, 0.717) is 23.2 Å². The maximum Gasteiger partial charge on any atom is 0.248 e. The van der Waals surface area contributed by atoms with Crippen LogP contribution in [0, 0.1) is 0 Å². The quantitative estimate of drug-likeness (QED) is 0.401. The topological polar surface area (TPSA) is 92.4 Å². The van der Waals surface area contributed by atoms with Gasteiger partial charge in [0.05, 0.1) is 6.54 Å². The summed E-state index contributed by atoms with van der Waals surface area (Å²) in [4.78, 5) is 19.8. The number of pyridine rings is 1. The predicted molar refractivity (Wildman–Crippen MR) is 101 cm³/mol. The molecule has 1 amide bonds. The van der Waals surface area contributed by atoms with Crippen molar-refractivity contribution in [3.8, 4) is 0 Å². The van der Waals surface area contributed by atoms with Gasteiger partial charge in [-0.25, -0.2) is 9.98 Å². The van der Waals surface area contributed by atoms with Crippen LogP contribution < -0.4 is 16.4 Å². The molecule has 0 aliphatic heterocycles. The van der Waals surface area contributed by atoms with Crippen LogP contribution in [0.5, 0.6) is 0 Å². The summed E-state index contributed by atoms with van der Waals surface area (Å²) in [7, 11) is 0. The molecule has 2 rings (SSSR count). The minimum Gasteiger partial charge on any atom is -0.366 e. The second-order valence-corrected chi connectivity index (χ2v) is 5.81. The second-order valence-electron chi connectivity index (χ2n) is 5.43. The summed E-state index contributed by atoms with van der Waals surface area (Å²) in [5.41, 5.74) is 7.82. The average molecular weight is 360 g/mol. The molecule has 1 aromatic carbocycles. The first-order valence-electron chi connectivity index (χ1n) is 8.10. The Morgan fingerprint density at radius 3 is 2.76 bits per heavy atom. The summed E-state index contributed by atoms with van der Waals surface area (Å²) in [5, 5.41) is 6.96. The van der Waals surface area contributed by atoms with Gasteiger partial charge in [-0.15, -0.1) is 0 Å². The lowest BCUT2D eigenvalue weighted by Crippen LogP contribution is -2.38. The number of carbonyl (C=O) groups is 1. The number of aromatic nitrogens is 1. The molecule has 0 bridgehead atoms. The number of rotatable bonds is 7. The lowest BCUT2D eigenvalue weighted by atomic mass is 10.1. The summed E-state index contributed by atoms with van der Waals surface area (Å²) < 4.78 is 0. The molecule has 6 nitrogen and oxygen atoms in total. The maximum absolute atomic E-state index is 11.2. The molecule has 0 saturated carbocycles. The van der Waals surface area contributed by atoms with Crippen LogP contribution in [0.4, 0.5) is 0 Å². The molecule has 0 spiro atoms. The van der Waals surface area contributed by atoms with Crippen molar-refractivity contribution < 1.29 is 4.79 Å². The third-order valence-corrected chi connectivity index (χ3v) is 3.69. The zero-order valence-electron chi connectivity index (χ0n) is 14.1. The van der Waals surface area contributed by atoms with Gasteiger partial charge < -0.3 is 16.4 Å². The lowest BCUT2D eigenvalue weighted by molar-refractivity contribution is 0.1000. The first-order valence-corrected chi connectivity index (χ1v) is 8.47. The number of primary amides is 1. The van der Waals surface area contributed by atoms with E-state index in [1.54, 1.807) is 30.5 Å². The van der Waals surface area contributed by atoms with Gasteiger partial charge >= 0.3 is 0 Å². The van der Waals surface area contributed by atoms with Crippen LogP contribution in [0.15, 0.2) is 47.6 Å². The monoisotopic (exact) mass is 359 g/mol. The van der Waals surface area contributed by atoms with Crippen LogP contribution in [0.2, 0.25) is 5.15 Å². The molecule has 25 heavy (non-hydrogen) atoms. The predicted octanol–water partition coefficient (Wildman–Crippen LogP) is 2.13. The molecule has 7 heteroatoms. The highest BCUT2D eigenvalue weighted by molar-refractivity contribution is 6.29. The van der Waals surface area contributed by atoms with Gasteiger partial charge in [-0.05, 0) is 42.7 Å². The normalized spacial score (nSPS) is 11.2. The molecule has 0 fully saturated rings. The van der Waals surface area contributed by atoms with Crippen molar-refractivity contribution in [2.75, 3.05) is 13.1 Å². The number of guanidine groups is 1. The van der Waals surface area contributed by atoms with E-state index in [2.05, 4.69) is 20.6 Å². The van der Waals surface area contributed by atoms with Crippen molar-refractivity contribution in [2.45, 2.75) is 19.9 Å². The minimum atomic E-state index is -0.438. The molecule has 1 aromatic heterocycles. The molecule has 0 aliphatic rings. The molecule has 0 atom stereocenters. The molecule has 0 aliphatic carbocycles. The highest BCUT2D eigenvalue weighted by atomic mass is 35.5. The number of hydrogen-bond donors (Lipinski definition) is 3. The first kappa shape index (κ1) is 18.7. The Hall–Kier alpha value is -2.60.